The van der Waals surface area contributed by atoms with Crippen molar-refractivity contribution in [3.63, 3.8) is 0 Å². The average Bonchev–Trinajstić information content (AvgIpc) is 2.41. The molecule has 128 valence electrons. The molecule has 0 aliphatic carbocycles. The normalized spacial score (nSPS) is 11.0. The summed E-state index contributed by atoms with van der Waals surface area (Å²) in [5.41, 5.74) is 8.72. The zero-order valence-corrected chi connectivity index (χ0v) is 18.8. The molecule has 2 rings (SSSR count). The number of rotatable bonds is 4. The minimum atomic E-state index is -1.67. The molecule has 0 saturated heterocycles. The molecular weight excluding hydrogens is 349 g/mol. The summed E-state index contributed by atoms with van der Waals surface area (Å²) in [5, 5.41) is 0. The van der Waals surface area contributed by atoms with Crippen molar-refractivity contribution < 1.29 is 0 Å². The van der Waals surface area contributed by atoms with E-state index in [0.717, 1.165) is 5.92 Å². The molecule has 0 spiro atoms. The zero-order valence-electron chi connectivity index (χ0n) is 16.7. The molecular formula is C23H32Ge. The molecule has 0 unspecified atom stereocenters. The number of hydrogen-bond donors (Lipinski definition) is 0. The fourth-order valence-electron chi connectivity index (χ4n) is 3.89. The van der Waals surface area contributed by atoms with Crippen LogP contribution in [0.15, 0.2) is 24.3 Å². The van der Waals surface area contributed by atoms with Gasteiger partial charge < -0.3 is 0 Å². The van der Waals surface area contributed by atoms with Gasteiger partial charge >= 0.3 is 153 Å². The van der Waals surface area contributed by atoms with Crippen LogP contribution in [0.4, 0.5) is 0 Å². The quantitative estimate of drug-likeness (QED) is 0.681. The average molecular weight is 381 g/mol. The van der Waals surface area contributed by atoms with E-state index in [0.29, 0.717) is 0 Å². The molecule has 0 N–H and O–H groups in total. The van der Waals surface area contributed by atoms with Gasteiger partial charge in [0.1, 0.15) is 0 Å². The van der Waals surface area contributed by atoms with Gasteiger partial charge in [0.25, 0.3) is 0 Å². The van der Waals surface area contributed by atoms with E-state index in [4.69, 9.17) is 0 Å². The van der Waals surface area contributed by atoms with Crippen molar-refractivity contribution in [3.8, 4) is 0 Å². The Morgan fingerprint density at radius 1 is 0.708 bits per heavy atom. The molecule has 2 aromatic carbocycles. The zero-order chi connectivity index (χ0) is 18.0. The summed E-state index contributed by atoms with van der Waals surface area (Å²) in [6.07, 6.45) is 1.22. The van der Waals surface area contributed by atoms with Crippen LogP contribution < -0.4 is 8.79 Å². The van der Waals surface area contributed by atoms with Crippen LogP contribution in [-0.4, -0.2) is 18.8 Å². The van der Waals surface area contributed by atoms with Crippen molar-refractivity contribution in [1.82, 2.24) is 0 Å². The van der Waals surface area contributed by atoms with Gasteiger partial charge in [0.05, 0.1) is 0 Å². The predicted molar refractivity (Wildman–Crippen MR) is 112 cm³/mol. The van der Waals surface area contributed by atoms with E-state index in [1.54, 1.807) is 8.79 Å². The van der Waals surface area contributed by atoms with Crippen LogP contribution in [0, 0.1) is 47.5 Å². The summed E-state index contributed by atoms with van der Waals surface area (Å²) in [6, 6.07) is 9.49. The van der Waals surface area contributed by atoms with Gasteiger partial charge in [-0.05, 0) is 0 Å². The van der Waals surface area contributed by atoms with Crippen LogP contribution in [0.2, 0.25) is 0 Å². The summed E-state index contributed by atoms with van der Waals surface area (Å²) < 4.78 is 3.33. The third-order valence-corrected chi connectivity index (χ3v) is 11.6. The molecule has 0 heterocycles. The van der Waals surface area contributed by atoms with Gasteiger partial charge in [-0.1, -0.05) is 0 Å². The monoisotopic (exact) mass is 382 g/mol. The van der Waals surface area contributed by atoms with Gasteiger partial charge in [-0.25, -0.2) is 0 Å². The third kappa shape index (κ3) is 4.27. The molecule has 2 aromatic rings. The Hall–Kier alpha value is -1.15. The number of aryl methyl sites for hydroxylation is 6. The molecule has 0 radical (unpaired) electrons. The second-order valence-electron chi connectivity index (χ2n) is 7.79. The van der Waals surface area contributed by atoms with Gasteiger partial charge in [0.15, 0.2) is 0 Å². The Morgan fingerprint density at radius 2 is 1.04 bits per heavy atom. The van der Waals surface area contributed by atoms with Gasteiger partial charge in [-0.3, -0.25) is 0 Å². The Bertz CT molecular complexity index is 673. The number of hydrogen-bond acceptors (Lipinski definition) is 0. The molecule has 0 atom stereocenters. The second-order valence-corrected chi connectivity index (χ2v) is 12.5. The molecule has 0 amide bonds. The van der Waals surface area contributed by atoms with Gasteiger partial charge in [0.2, 0.25) is 0 Å². The van der Waals surface area contributed by atoms with E-state index in [-0.39, 0.29) is 0 Å². The van der Waals surface area contributed by atoms with Gasteiger partial charge in [-0.2, -0.15) is 0 Å². The minimum absolute atomic E-state index is 0.727. The summed E-state index contributed by atoms with van der Waals surface area (Å²) in [7, 11) is 0. The predicted octanol–water partition coefficient (Wildman–Crippen LogP) is 4.58. The molecule has 24 heavy (non-hydrogen) atoms. The van der Waals surface area contributed by atoms with Crippen LogP contribution in [0.3, 0.4) is 0 Å². The van der Waals surface area contributed by atoms with Crippen LogP contribution >= 0.6 is 0 Å². The molecule has 0 aliphatic rings. The van der Waals surface area contributed by atoms with E-state index in [2.05, 4.69) is 84.5 Å². The Labute approximate surface area is 153 Å². The second kappa shape index (κ2) is 7.82. The van der Waals surface area contributed by atoms with Crippen molar-refractivity contribution in [2.24, 2.45) is 5.92 Å². The maximum absolute atomic E-state index is 2.71. The molecule has 0 bridgehead atoms. The van der Waals surface area contributed by atoms with Crippen molar-refractivity contribution in [3.05, 3.63) is 57.6 Å². The van der Waals surface area contributed by atoms with E-state index in [9.17, 15) is 0 Å². The Morgan fingerprint density at radius 3 is 1.33 bits per heavy atom. The maximum atomic E-state index is 2.71. The van der Waals surface area contributed by atoms with Crippen LogP contribution in [0.25, 0.3) is 0 Å². The topological polar surface area (TPSA) is 0 Å². The van der Waals surface area contributed by atoms with Crippen molar-refractivity contribution in [2.75, 3.05) is 0 Å². The molecule has 0 fully saturated rings. The fraction of sp³-hybridized carbons (Fsp3) is 0.435. The molecule has 0 aromatic heterocycles. The van der Waals surface area contributed by atoms with E-state index in [1.807, 2.05) is 0 Å². The Balaban J connectivity index is 2.75. The first-order chi connectivity index (χ1) is 11.2. The third-order valence-electron chi connectivity index (χ3n) is 4.69. The first kappa shape index (κ1) is 19.2. The first-order valence-corrected chi connectivity index (χ1v) is 12.4. The van der Waals surface area contributed by atoms with Crippen LogP contribution in [-0.2, 0) is 0 Å². The standard InChI is InChI=1S/C23H32Ge/c1-15(2)9-10-24(22-18(5)11-16(3)12-19(22)6)23-20(7)13-17(4)14-21(23)8/h10-15H,9H2,1-8H3. The summed E-state index contributed by atoms with van der Waals surface area (Å²) in [6.45, 7) is 18.3. The van der Waals surface area contributed by atoms with Crippen LogP contribution in [0.1, 0.15) is 53.6 Å². The fourth-order valence-corrected chi connectivity index (χ4v) is 10.9. The Kier molecular flexibility index (Phi) is 6.25. The summed E-state index contributed by atoms with van der Waals surface area (Å²) in [4.78, 5) is 2.71. The van der Waals surface area contributed by atoms with Gasteiger partial charge in [0, 0.05) is 0 Å². The molecule has 1 heteroatoms. The van der Waals surface area contributed by atoms with Gasteiger partial charge in [-0.15, -0.1) is 0 Å². The van der Waals surface area contributed by atoms with Crippen molar-refractivity contribution >= 4 is 27.6 Å². The number of benzene rings is 2. The van der Waals surface area contributed by atoms with Crippen molar-refractivity contribution in [2.45, 2.75) is 61.8 Å². The van der Waals surface area contributed by atoms with E-state index >= 15 is 0 Å². The molecule has 0 nitrogen and oxygen atoms in total. The summed E-state index contributed by atoms with van der Waals surface area (Å²) >= 11 is -1.67. The van der Waals surface area contributed by atoms with Crippen LogP contribution in [0.5, 0.6) is 0 Å². The van der Waals surface area contributed by atoms with E-state index < -0.39 is 13.9 Å². The van der Waals surface area contributed by atoms with Crippen molar-refractivity contribution in [1.29, 1.82) is 0 Å². The molecule has 0 saturated carbocycles. The summed E-state index contributed by atoms with van der Waals surface area (Å²) in [5.74, 6) is 0.727. The SMILES string of the molecule is Cc1cc(C)[c]([Ge](=[CH]CC(C)C)[c]2c(C)cc(C)cc2C)c(C)c1. The molecule has 0 aliphatic heterocycles. The first-order valence-electron chi connectivity index (χ1n) is 9.07. The van der Waals surface area contributed by atoms with E-state index in [1.165, 1.54) is 39.8 Å².